The van der Waals surface area contributed by atoms with E-state index in [1.165, 1.54) is 5.56 Å². The molecular formula is C12H16N2OS. The highest BCUT2D eigenvalue weighted by atomic mass is 32.1. The van der Waals surface area contributed by atoms with Crippen molar-refractivity contribution in [2.24, 2.45) is 0 Å². The molecule has 0 fully saturated rings. The summed E-state index contributed by atoms with van der Waals surface area (Å²) < 4.78 is 8.36. The van der Waals surface area contributed by atoms with Crippen LogP contribution in [0.25, 0.3) is 0 Å². The summed E-state index contributed by atoms with van der Waals surface area (Å²) in [6.07, 6.45) is 2.04. The van der Waals surface area contributed by atoms with Crippen molar-refractivity contribution in [1.82, 2.24) is 9.55 Å². The van der Waals surface area contributed by atoms with Gasteiger partial charge in [-0.25, -0.2) is 0 Å². The number of nitrogens with zero attached hydrogens (tertiary/aromatic N) is 1. The fraction of sp³-hybridized carbons (Fsp3) is 0.417. The molecule has 0 saturated heterocycles. The van der Waals surface area contributed by atoms with E-state index in [4.69, 9.17) is 16.6 Å². The number of nitrogens with one attached hydrogen (secondary N) is 1. The number of H-pyrrole nitrogens is 1. The minimum atomic E-state index is 0.204. The number of hydrogen-bond donors (Lipinski definition) is 1. The normalized spacial score (nSPS) is 13.0. The molecule has 0 radical (unpaired) electrons. The molecule has 0 aromatic carbocycles. The van der Waals surface area contributed by atoms with Crippen LogP contribution in [-0.2, 0) is 0 Å². The number of hydrogen-bond acceptors (Lipinski definition) is 2. The zero-order chi connectivity index (χ0) is 11.9. The number of imidazole rings is 1. The highest BCUT2D eigenvalue weighted by Gasteiger charge is 2.15. The molecule has 0 saturated carbocycles. The fourth-order valence-corrected chi connectivity index (χ4v) is 2.41. The van der Waals surface area contributed by atoms with Crippen molar-refractivity contribution < 1.29 is 4.42 Å². The first-order chi connectivity index (χ1) is 7.49. The molecule has 16 heavy (non-hydrogen) atoms. The second kappa shape index (κ2) is 3.94. The third kappa shape index (κ3) is 1.85. The summed E-state index contributed by atoms with van der Waals surface area (Å²) in [5.74, 6) is 1.91. The van der Waals surface area contributed by atoms with Gasteiger partial charge in [0.1, 0.15) is 11.5 Å². The molecular weight excluding hydrogens is 220 g/mol. The summed E-state index contributed by atoms with van der Waals surface area (Å²) in [5, 5.41) is 0. The largest absolute Gasteiger partial charge is 0.466 e. The van der Waals surface area contributed by atoms with Crippen molar-refractivity contribution in [3.63, 3.8) is 0 Å². The van der Waals surface area contributed by atoms with Gasteiger partial charge in [-0.05, 0) is 46.0 Å². The Morgan fingerprint density at radius 2 is 2.06 bits per heavy atom. The molecule has 4 heteroatoms. The van der Waals surface area contributed by atoms with Crippen LogP contribution in [0.15, 0.2) is 16.7 Å². The Morgan fingerprint density at radius 1 is 1.38 bits per heavy atom. The molecule has 0 bridgehead atoms. The van der Waals surface area contributed by atoms with Gasteiger partial charge in [0.05, 0.1) is 6.04 Å². The van der Waals surface area contributed by atoms with Crippen molar-refractivity contribution in [2.75, 3.05) is 0 Å². The maximum absolute atomic E-state index is 5.55. The number of rotatable bonds is 2. The smallest absolute Gasteiger partial charge is 0.177 e. The average Bonchev–Trinajstić information content (AvgIpc) is 2.68. The van der Waals surface area contributed by atoms with Crippen LogP contribution in [0.5, 0.6) is 0 Å². The van der Waals surface area contributed by atoms with Gasteiger partial charge in [0.15, 0.2) is 4.77 Å². The maximum Gasteiger partial charge on any atom is 0.177 e. The molecule has 1 unspecified atom stereocenters. The molecule has 0 amide bonds. The molecule has 2 aromatic heterocycles. The first-order valence-electron chi connectivity index (χ1n) is 5.33. The van der Waals surface area contributed by atoms with Crippen LogP contribution < -0.4 is 0 Å². The lowest BCUT2D eigenvalue weighted by Gasteiger charge is -2.11. The van der Waals surface area contributed by atoms with Crippen LogP contribution in [0, 0.1) is 25.5 Å². The molecule has 2 rings (SSSR count). The second-order valence-corrected chi connectivity index (χ2v) is 4.58. The topological polar surface area (TPSA) is 33.9 Å². The third-order valence-corrected chi connectivity index (χ3v) is 3.13. The van der Waals surface area contributed by atoms with Gasteiger partial charge in [-0.15, -0.1) is 0 Å². The van der Waals surface area contributed by atoms with Crippen LogP contribution in [0.3, 0.4) is 0 Å². The van der Waals surface area contributed by atoms with Gasteiger partial charge in [-0.1, -0.05) is 0 Å². The van der Waals surface area contributed by atoms with E-state index in [0.717, 1.165) is 22.0 Å². The predicted octanol–water partition coefficient (Wildman–Crippen LogP) is 3.67. The van der Waals surface area contributed by atoms with Crippen molar-refractivity contribution in [2.45, 2.75) is 33.7 Å². The molecule has 1 atom stereocenters. The van der Waals surface area contributed by atoms with Gasteiger partial charge in [-0.2, -0.15) is 0 Å². The number of aromatic nitrogens is 2. The number of aryl methyl sites for hydroxylation is 3. The standard InChI is InChI=1S/C12H16N2OS/c1-7-6-14(12(16)13-7)9(3)11-5-8(2)15-10(11)4/h5-6,9H,1-4H3,(H,13,16). The minimum absolute atomic E-state index is 0.204. The average molecular weight is 236 g/mol. The summed E-state index contributed by atoms with van der Waals surface area (Å²) in [5.41, 5.74) is 2.27. The van der Waals surface area contributed by atoms with Crippen molar-refractivity contribution in [3.05, 3.63) is 39.8 Å². The van der Waals surface area contributed by atoms with Crippen molar-refractivity contribution >= 4 is 12.2 Å². The monoisotopic (exact) mass is 236 g/mol. The SMILES string of the molecule is Cc1cn(C(C)c2cc(C)oc2C)c(=S)[nH]1. The highest BCUT2D eigenvalue weighted by Crippen LogP contribution is 2.25. The van der Waals surface area contributed by atoms with Gasteiger partial charge < -0.3 is 14.0 Å². The van der Waals surface area contributed by atoms with E-state index in [9.17, 15) is 0 Å². The summed E-state index contributed by atoms with van der Waals surface area (Å²) in [4.78, 5) is 3.13. The van der Waals surface area contributed by atoms with E-state index in [2.05, 4.69) is 22.5 Å². The Balaban J connectivity index is 2.46. The predicted molar refractivity (Wildman–Crippen MR) is 66.3 cm³/mol. The Bertz CT molecular complexity index is 562. The number of aromatic amines is 1. The van der Waals surface area contributed by atoms with E-state index in [-0.39, 0.29) is 6.04 Å². The molecule has 0 aliphatic carbocycles. The van der Waals surface area contributed by atoms with Crippen LogP contribution in [0.1, 0.15) is 35.7 Å². The van der Waals surface area contributed by atoms with E-state index in [0.29, 0.717) is 0 Å². The lowest BCUT2D eigenvalue weighted by molar-refractivity contribution is 0.494. The van der Waals surface area contributed by atoms with E-state index < -0.39 is 0 Å². The molecule has 0 aliphatic rings. The zero-order valence-electron chi connectivity index (χ0n) is 10.00. The van der Waals surface area contributed by atoms with Gasteiger partial charge in [0.2, 0.25) is 0 Å². The Kier molecular flexibility index (Phi) is 2.76. The highest BCUT2D eigenvalue weighted by molar-refractivity contribution is 7.71. The molecule has 3 nitrogen and oxygen atoms in total. The molecule has 0 spiro atoms. The maximum atomic E-state index is 5.55. The van der Waals surface area contributed by atoms with Crippen LogP contribution in [0.4, 0.5) is 0 Å². The second-order valence-electron chi connectivity index (χ2n) is 4.19. The van der Waals surface area contributed by atoms with Crippen molar-refractivity contribution in [3.8, 4) is 0 Å². The van der Waals surface area contributed by atoms with Crippen LogP contribution in [0.2, 0.25) is 0 Å². The summed E-state index contributed by atoms with van der Waals surface area (Å²) in [7, 11) is 0. The lowest BCUT2D eigenvalue weighted by Crippen LogP contribution is -2.05. The Labute approximate surface area is 100 Å². The molecule has 2 aromatic rings. The quantitative estimate of drug-likeness (QED) is 0.807. The number of furan rings is 1. The Hall–Kier alpha value is -1.29. The molecule has 1 N–H and O–H groups in total. The van der Waals surface area contributed by atoms with Gasteiger partial charge in [0, 0.05) is 17.5 Å². The van der Waals surface area contributed by atoms with E-state index >= 15 is 0 Å². The Morgan fingerprint density at radius 3 is 2.50 bits per heavy atom. The first kappa shape index (κ1) is 11.2. The molecule has 0 aliphatic heterocycles. The molecule has 2 heterocycles. The lowest BCUT2D eigenvalue weighted by atomic mass is 10.1. The summed E-state index contributed by atoms with van der Waals surface area (Å²) in [6, 6.07) is 2.28. The zero-order valence-corrected chi connectivity index (χ0v) is 10.8. The summed E-state index contributed by atoms with van der Waals surface area (Å²) >= 11 is 5.28. The fourth-order valence-electron chi connectivity index (χ4n) is 2.04. The van der Waals surface area contributed by atoms with Gasteiger partial charge in [-0.3, -0.25) is 0 Å². The van der Waals surface area contributed by atoms with E-state index in [1.54, 1.807) is 0 Å². The van der Waals surface area contributed by atoms with Gasteiger partial charge in [0.25, 0.3) is 0 Å². The van der Waals surface area contributed by atoms with Crippen LogP contribution in [-0.4, -0.2) is 9.55 Å². The van der Waals surface area contributed by atoms with Gasteiger partial charge >= 0.3 is 0 Å². The third-order valence-electron chi connectivity index (χ3n) is 2.82. The van der Waals surface area contributed by atoms with Crippen LogP contribution >= 0.6 is 12.2 Å². The molecule has 86 valence electrons. The first-order valence-corrected chi connectivity index (χ1v) is 5.74. The van der Waals surface area contributed by atoms with E-state index in [1.807, 2.05) is 27.0 Å². The van der Waals surface area contributed by atoms with Crippen molar-refractivity contribution in [1.29, 1.82) is 0 Å². The minimum Gasteiger partial charge on any atom is -0.466 e. The summed E-state index contributed by atoms with van der Waals surface area (Å²) in [6.45, 7) is 8.08.